The van der Waals surface area contributed by atoms with E-state index in [9.17, 15) is 18.0 Å². The summed E-state index contributed by atoms with van der Waals surface area (Å²) >= 11 is 0. The Morgan fingerprint density at radius 1 is 0.784 bits per heavy atom. The molecule has 0 spiro atoms. The standard InChI is InChI=1S/C27H29F3N2O5/c1-34-21-10-11-22(24(16-21)36-3)31-26(33)32(17-19-5-8-20(9-6-19)27(28,29)30)14-13-18-7-12-23(35-2)25(15-18)37-4/h5-12,15-16H,13-14,17H2,1-4H3,(H,31,33). The van der Waals surface area contributed by atoms with E-state index in [-0.39, 0.29) is 13.1 Å². The van der Waals surface area contributed by atoms with Crippen molar-refractivity contribution in [2.75, 3.05) is 40.3 Å². The number of carbonyl (C=O) groups excluding carboxylic acids is 1. The van der Waals surface area contributed by atoms with Crippen LogP contribution in [0.15, 0.2) is 60.7 Å². The van der Waals surface area contributed by atoms with Crippen molar-refractivity contribution < 1.29 is 36.9 Å². The maximum Gasteiger partial charge on any atom is 0.416 e. The van der Waals surface area contributed by atoms with Crippen molar-refractivity contribution in [1.82, 2.24) is 4.90 Å². The van der Waals surface area contributed by atoms with Crippen molar-refractivity contribution in [3.63, 3.8) is 0 Å². The van der Waals surface area contributed by atoms with Crippen LogP contribution in [0.3, 0.4) is 0 Å². The molecule has 0 saturated heterocycles. The summed E-state index contributed by atoms with van der Waals surface area (Å²) in [7, 11) is 6.07. The normalized spacial score (nSPS) is 11.0. The lowest BCUT2D eigenvalue weighted by Crippen LogP contribution is -2.36. The van der Waals surface area contributed by atoms with Crippen LogP contribution in [0.1, 0.15) is 16.7 Å². The lowest BCUT2D eigenvalue weighted by Gasteiger charge is -2.24. The number of methoxy groups -OCH3 is 4. The summed E-state index contributed by atoms with van der Waals surface area (Å²) in [5, 5.41) is 2.83. The van der Waals surface area contributed by atoms with Gasteiger partial charge in [0.25, 0.3) is 0 Å². The fourth-order valence-electron chi connectivity index (χ4n) is 3.67. The Balaban J connectivity index is 1.83. The van der Waals surface area contributed by atoms with E-state index in [1.807, 2.05) is 12.1 Å². The Hall–Kier alpha value is -4.08. The van der Waals surface area contributed by atoms with Crippen LogP contribution in [-0.4, -0.2) is 45.9 Å². The van der Waals surface area contributed by atoms with E-state index in [4.69, 9.17) is 18.9 Å². The van der Waals surface area contributed by atoms with Gasteiger partial charge < -0.3 is 29.2 Å². The molecule has 0 radical (unpaired) electrons. The van der Waals surface area contributed by atoms with Gasteiger partial charge in [0.1, 0.15) is 11.5 Å². The minimum absolute atomic E-state index is 0.0930. The topological polar surface area (TPSA) is 69.3 Å². The van der Waals surface area contributed by atoms with Crippen LogP contribution in [0.2, 0.25) is 0 Å². The Bertz CT molecular complexity index is 1200. The predicted octanol–water partition coefficient (Wildman–Crippen LogP) is 6.02. The lowest BCUT2D eigenvalue weighted by molar-refractivity contribution is -0.137. The molecule has 10 heteroatoms. The third-order valence-corrected chi connectivity index (χ3v) is 5.71. The van der Waals surface area contributed by atoms with Crippen LogP contribution in [0.25, 0.3) is 0 Å². The largest absolute Gasteiger partial charge is 0.497 e. The average Bonchev–Trinajstić information content (AvgIpc) is 2.90. The molecule has 3 aromatic carbocycles. The highest BCUT2D eigenvalue weighted by Crippen LogP contribution is 2.31. The number of benzene rings is 3. The first-order chi connectivity index (χ1) is 17.7. The highest BCUT2D eigenvalue weighted by Gasteiger charge is 2.30. The lowest BCUT2D eigenvalue weighted by atomic mass is 10.1. The van der Waals surface area contributed by atoms with E-state index >= 15 is 0 Å². The monoisotopic (exact) mass is 518 g/mol. The molecule has 198 valence electrons. The summed E-state index contributed by atoms with van der Waals surface area (Å²) in [6.07, 6.45) is -3.97. The third-order valence-electron chi connectivity index (χ3n) is 5.71. The van der Waals surface area contributed by atoms with Gasteiger partial charge in [0.2, 0.25) is 0 Å². The van der Waals surface area contributed by atoms with E-state index in [1.54, 1.807) is 31.4 Å². The van der Waals surface area contributed by atoms with Crippen LogP contribution in [-0.2, 0) is 19.1 Å². The molecule has 3 aromatic rings. The minimum atomic E-state index is -4.44. The summed E-state index contributed by atoms with van der Waals surface area (Å²) in [4.78, 5) is 14.8. The Morgan fingerprint density at radius 3 is 2.03 bits per heavy atom. The summed E-state index contributed by atoms with van der Waals surface area (Å²) in [5.74, 6) is 2.10. The first kappa shape index (κ1) is 27.5. The molecule has 7 nitrogen and oxygen atoms in total. The summed E-state index contributed by atoms with van der Waals surface area (Å²) in [5.41, 5.74) is 1.12. The van der Waals surface area contributed by atoms with Crippen molar-refractivity contribution in [1.29, 1.82) is 0 Å². The minimum Gasteiger partial charge on any atom is -0.497 e. The van der Waals surface area contributed by atoms with Gasteiger partial charge in [-0.25, -0.2) is 4.79 Å². The number of nitrogens with zero attached hydrogens (tertiary/aromatic N) is 1. The van der Waals surface area contributed by atoms with Crippen LogP contribution < -0.4 is 24.3 Å². The second-order valence-corrected chi connectivity index (χ2v) is 8.05. The molecule has 0 aliphatic rings. The van der Waals surface area contributed by atoms with Gasteiger partial charge in [0, 0.05) is 19.2 Å². The fourth-order valence-corrected chi connectivity index (χ4v) is 3.67. The molecule has 0 bridgehead atoms. The van der Waals surface area contributed by atoms with Gasteiger partial charge in [0.15, 0.2) is 11.5 Å². The molecule has 37 heavy (non-hydrogen) atoms. The maximum absolute atomic E-state index is 13.3. The van der Waals surface area contributed by atoms with Crippen molar-refractivity contribution >= 4 is 11.7 Å². The van der Waals surface area contributed by atoms with Crippen LogP contribution >= 0.6 is 0 Å². The Kier molecular flexibility index (Phi) is 9.10. The molecule has 0 unspecified atom stereocenters. The number of amides is 2. The molecule has 0 aliphatic heterocycles. The molecule has 3 rings (SSSR count). The zero-order valence-corrected chi connectivity index (χ0v) is 21.0. The summed E-state index contributed by atoms with van der Waals surface area (Å²) < 4.78 is 60.2. The van der Waals surface area contributed by atoms with Crippen LogP contribution in [0.5, 0.6) is 23.0 Å². The molecule has 0 aromatic heterocycles. The van der Waals surface area contributed by atoms with Crippen LogP contribution in [0.4, 0.5) is 23.7 Å². The van der Waals surface area contributed by atoms with Crippen molar-refractivity contribution in [2.45, 2.75) is 19.1 Å². The molecule has 0 fully saturated rings. The number of ether oxygens (including phenoxy) is 4. The van der Waals surface area contributed by atoms with E-state index in [2.05, 4.69) is 5.32 Å². The fraction of sp³-hybridized carbons (Fsp3) is 0.296. The number of hydrogen-bond donors (Lipinski definition) is 1. The molecule has 2 amide bonds. The second kappa shape index (κ2) is 12.2. The number of rotatable bonds is 10. The van der Waals surface area contributed by atoms with Crippen molar-refractivity contribution in [3.8, 4) is 23.0 Å². The van der Waals surface area contributed by atoms with E-state index < -0.39 is 17.8 Å². The quantitative estimate of drug-likeness (QED) is 0.356. The SMILES string of the molecule is COc1ccc(NC(=O)N(CCc2ccc(OC)c(OC)c2)Cc2ccc(C(F)(F)F)cc2)c(OC)c1. The molecule has 0 saturated carbocycles. The maximum atomic E-state index is 13.3. The first-order valence-corrected chi connectivity index (χ1v) is 11.3. The molecule has 0 heterocycles. The second-order valence-electron chi connectivity index (χ2n) is 8.05. The third kappa shape index (κ3) is 7.22. The number of hydrogen-bond acceptors (Lipinski definition) is 5. The number of halogens is 3. The van der Waals surface area contributed by atoms with Gasteiger partial charge in [-0.05, 0) is 53.9 Å². The highest BCUT2D eigenvalue weighted by molar-refractivity contribution is 5.91. The summed E-state index contributed by atoms with van der Waals surface area (Å²) in [6, 6.07) is 14.7. The smallest absolute Gasteiger partial charge is 0.416 e. The van der Waals surface area contributed by atoms with E-state index in [1.165, 1.54) is 38.4 Å². The van der Waals surface area contributed by atoms with Gasteiger partial charge in [-0.15, -0.1) is 0 Å². The van der Waals surface area contributed by atoms with Crippen LogP contribution in [0, 0.1) is 0 Å². The average molecular weight is 519 g/mol. The zero-order chi connectivity index (χ0) is 27.0. The van der Waals surface area contributed by atoms with E-state index in [0.717, 1.165) is 17.7 Å². The van der Waals surface area contributed by atoms with Gasteiger partial charge in [-0.2, -0.15) is 13.2 Å². The molecular formula is C27H29F3N2O5. The number of carbonyl (C=O) groups is 1. The molecule has 1 N–H and O–H groups in total. The summed E-state index contributed by atoms with van der Waals surface area (Å²) in [6.45, 7) is 0.372. The number of alkyl halides is 3. The number of urea groups is 1. The van der Waals surface area contributed by atoms with Crippen molar-refractivity contribution in [2.24, 2.45) is 0 Å². The van der Waals surface area contributed by atoms with Gasteiger partial charge >= 0.3 is 12.2 Å². The molecular weight excluding hydrogens is 489 g/mol. The zero-order valence-electron chi connectivity index (χ0n) is 21.0. The van der Waals surface area contributed by atoms with Gasteiger partial charge in [-0.3, -0.25) is 0 Å². The molecule has 0 aliphatic carbocycles. The van der Waals surface area contributed by atoms with E-state index in [0.29, 0.717) is 40.7 Å². The highest BCUT2D eigenvalue weighted by atomic mass is 19.4. The van der Waals surface area contributed by atoms with Gasteiger partial charge in [0.05, 0.1) is 39.7 Å². The number of anilines is 1. The first-order valence-electron chi connectivity index (χ1n) is 11.3. The van der Waals surface area contributed by atoms with Crippen molar-refractivity contribution in [3.05, 3.63) is 77.4 Å². The Labute approximate surface area is 213 Å². The molecule has 0 atom stereocenters. The number of nitrogens with one attached hydrogen (secondary N) is 1. The Morgan fingerprint density at radius 2 is 1.43 bits per heavy atom. The van der Waals surface area contributed by atoms with Gasteiger partial charge in [-0.1, -0.05) is 18.2 Å². The predicted molar refractivity (Wildman–Crippen MR) is 134 cm³/mol.